The zero-order valence-electron chi connectivity index (χ0n) is 12.5. The standard InChI is InChI=1S/C16H19F2N3/c1-4-15-13(8-10(3)20-21-15)16(19-5-2)12-9-11(17)6-7-14(12)18/h6-9,16,19H,4-5H2,1-3H3. The minimum atomic E-state index is -0.453. The number of rotatable bonds is 5. The zero-order chi connectivity index (χ0) is 15.4. The van der Waals surface area contributed by atoms with Crippen molar-refractivity contribution in [3.8, 4) is 0 Å². The van der Waals surface area contributed by atoms with E-state index in [1.807, 2.05) is 26.8 Å². The van der Waals surface area contributed by atoms with Gasteiger partial charge >= 0.3 is 0 Å². The number of benzene rings is 1. The Morgan fingerprint density at radius 1 is 1.10 bits per heavy atom. The Morgan fingerprint density at radius 3 is 2.52 bits per heavy atom. The van der Waals surface area contributed by atoms with E-state index >= 15 is 0 Å². The third-order valence-electron chi connectivity index (χ3n) is 3.35. The van der Waals surface area contributed by atoms with E-state index in [2.05, 4.69) is 15.5 Å². The van der Waals surface area contributed by atoms with Crippen LogP contribution in [0.1, 0.15) is 42.4 Å². The van der Waals surface area contributed by atoms with Crippen LogP contribution in [0.3, 0.4) is 0 Å². The predicted octanol–water partition coefficient (Wildman–Crippen LogP) is 3.32. The Labute approximate surface area is 123 Å². The number of hydrogen-bond acceptors (Lipinski definition) is 3. The van der Waals surface area contributed by atoms with Gasteiger partial charge in [-0.1, -0.05) is 13.8 Å². The fraction of sp³-hybridized carbons (Fsp3) is 0.375. The summed E-state index contributed by atoms with van der Waals surface area (Å²) in [5.41, 5.74) is 2.67. The predicted molar refractivity (Wildman–Crippen MR) is 78.0 cm³/mol. The van der Waals surface area contributed by atoms with Crippen molar-refractivity contribution in [2.24, 2.45) is 0 Å². The molecule has 112 valence electrons. The van der Waals surface area contributed by atoms with Gasteiger partial charge in [-0.25, -0.2) is 8.78 Å². The van der Waals surface area contributed by atoms with Gasteiger partial charge in [0.2, 0.25) is 0 Å². The normalized spacial score (nSPS) is 12.4. The average molecular weight is 291 g/mol. The second-order valence-electron chi connectivity index (χ2n) is 4.90. The number of aromatic nitrogens is 2. The van der Waals surface area contributed by atoms with Gasteiger partial charge in [-0.05, 0) is 49.7 Å². The molecule has 1 aromatic heterocycles. The molecule has 1 heterocycles. The highest BCUT2D eigenvalue weighted by Gasteiger charge is 2.21. The molecule has 0 spiro atoms. The summed E-state index contributed by atoms with van der Waals surface area (Å²) in [5.74, 6) is -0.884. The van der Waals surface area contributed by atoms with E-state index in [0.717, 1.165) is 29.1 Å². The minimum Gasteiger partial charge on any atom is -0.306 e. The molecule has 1 atom stereocenters. The Hall–Kier alpha value is -1.88. The first-order chi connectivity index (χ1) is 10.1. The lowest BCUT2D eigenvalue weighted by molar-refractivity contribution is 0.540. The Morgan fingerprint density at radius 2 is 1.86 bits per heavy atom. The van der Waals surface area contributed by atoms with Gasteiger partial charge in [0.25, 0.3) is 0 Å². The van der Waals surface area contributed by atoms with Gasteiger partial charge in [0.1, 0.15) is 11.6 Å². The first-order valence-corrected chi connectivity index (χ1v) is 7.08. The van der Waals surface area contributed by atoms with Crippen LogP contribution < -0.4 is 5.32 Å². The number of halogens is 2. The second-order valence-corrected chi connectivity index (χ2v) is 4.90. The summed E-state index contributed by atoms with van der Waals surface area (Å²) in [5, 5.41) is 11.4. The molecule has 2 rings (SSSR count). The molecule has 0 amide bonds. The van der Waals surface area contributed by atoms with Crippen LogP contribution in [0, 0.1) is 18.6 Å². The van der Waals surface area contributed by atoms with E-state index < -0.39 is 17.7 Å². The van der Waals surface area contributed by atoms with Gasteiger partial charge in [-0.2, -0.15) is 10.2 Å². The topological polar surface area (TPSA) is 37.8 Å². The van der Waals surface area contributed by atoms with Gasteiger partial charge in [-0.15, -0.1) is 0 Å². The van der Waals surface area contributed by atoms with E-state index in [0.29, 0.717) is 18.5 Å². The molecule has 3 nitrogen and oxygen atoms in total. The maximum atomic E-state index is 14.1. The molecule has 0 bridgehead atoms. The van der Waals surface area contributed by atoms with Crippen molar-refractivity contribution in [3.05, 3.63) is 58.4 Å². The van der Waals surface area contributed by atoms with Crippen molar-refractivity contribution in [3.63, 3.8) is 0 Å². The van der Waals surface area contributed by atoms with Crippen molar-refractivity contribution in [1.82, 2.24) is 15.5 Å². The SMILES string of the molecule is CCNC(c1cc(F)ccc1F)c1cc(C)nnc1CC. The third-order valence-corrected chi connectivity index (χ3v) is 3.35. The van der Waals surface area contributed by atoms with E-state index in [4.69, 9.17) is 0 Å². The van der Waals surface area contributed by atoms with Crippen LogP contribution in [0.2, 0.25) is 0 Å². The van der Waals surface area contributed by atoms with Crippen LogP contribution in [-0.2, 0) is 6.42 Å². The number of aryl methyl sites for hydroxylation is 2. The first kappa shape index (κ1) is 15.5. The largest absolute Gasteiger partial charge is 0.306 e. The second kappa shape index (κ2) is 6.72. The van der Waals surface area contributed by atoms with Crippen LogP contribution in [-0.4, -0.2) is 16.7 Å². The molecule has 0 radical (unpaired) electrons. The van der Waals surface area contributed by atoms with E-state index in [1.165, 1.54) is 6.07 Å². The monoisotopic (exact) mass is 291 g/mol. The molecule has 21 heavy (non-hydrogen) atoms. The van der Waals surface area contributed by atoms with Gasteiger partial charge < -0.3 is 5.32 Å². The van der Waals surface area contributed by atoms with Crippen LogP contribution in [0.5, 0.6) is 0 Å². The third kappa shape index (κ3) is 3.42. The summed E-state index contributed by atoms with van der Waals surface area (Å²) in [6.45, 7) is 6.36. The average Bonchev–Trinajstić information content (AvgIpc) is 2.47. The number of nitrogens with zero attached hydrogens (tertiary/aromatic N) is 2. The van der Waals surface area contributed by atoms with Crippen LogP contribution in [0.25, 0.3) is 0 Å². The Kier molecular flexibility index (Phi) is 4.96. The number of hydrogen-bond donors (Lipinski definition) is 1. The van der Waals surface area contributed by atoms with Crippen LogP contribution in [0.4, 0.5) is 8.78 Å². The molecule has 2 aromatic rings. The van der Waals surface area contributed by atoms with Gasteiger partial charge in [0.15, 0.2) is 0 Å². The lowest BCUT2D eigenvalue weighted by Gasteiger charge is -2.21. The number of nitrogens with one attached hydrogen (secondary N) is 1. The molecule has 0 aliphatic carbocycles. The highest BCUT2D eigenvalue weighted by molar-refractivity contribution is 5.36. The summed E-state index contributed by atoms with van der Waals surface area (Å²) in [6.07, 6.45) is 0.682. The molecule has 0 aliphatic heterocycles. The molecule has 5 heteroatoms. The molecule has 1 aromatic carbocycles. The van der Waals surface area contributed by atoms with Crippen molar-refractivity contribution < 1.29 is 8.78 Å². The summed E-state index contributed by atoms with van der Waals surface area (Å²) < 4.78 is 27.6. The summed E-state index contributed by atoms with van der Waals surface area (Å²) in [6, 6.07) is 4.96. The van der Waals surface area contributed by atoms with Crippen molar-refractivity contribution >= 4 is 0 Å². The van der Waals surface area contributed by atoms with Gasteiger partial charge in [-0.3, -0.25) is 0 Å². The maximum Gasteiger partial charge on any atom is 0.128 e. The summed E-state index contributed by atoms with van der Waals surface area (Å²) >= 11 is 0. The quantitative estimate of drug-likeness (QED) is 0.918. The fourth-order valence-electron chi connectivity index (χ4n) is 2.39. The summed E-state index contributed by atoms with van der Waals surface area (Å²) in [7, 11) is 0. The molecule has 0 aliphatic rings. The molecule has 1 unspecified atom stereocenters. The Balaban J connectivity index is 2.58. The molecular formula is C16H19F2N3. The lowest BCUT2D eigenvalue weighted by Crippen LogP contribution is -2.25. The lowest BCUT2D eigenvalue weighted by atomic mass is 9.95. The summed E-state index contributed by atoms with van der Waals surface area (Å²) in [4.78, 5) is 0. The molecular weight excluding hydrogens is 272 g/mol. The zero-order valence-corrected chi connectivity index (χ0v) is 12.5. The Bertz CT molecular complexity index is 629. The highest BCUT2D eigenvalue weighted by Crippen LogP contribution is 2.27. The fourth-order valence-corrected chi connectivity index (χ4v) is 2.39. The van der Waals surface area contributed by atoms with E-state index in [-0.39, 0.29) is 0 Å². The first-order valence-electron chi connectivity index (χ1n) is 7.08. The van der Waals surface area contributed by atoms with E-state index in [9.17, 15) is 8.78 Å². The smallest absolute Gasteiger partial charge is 0.128 e. The van der Waals surface area contributed by atoms with Crippen molar-refractivity contribution in [2.75, 3.05) is 6.54 Å². The molecule has 0 saturated heterocycles. The highest BCUT2D eigenvalue weighted by atomic mass is 19.1. The maximum absolute atomic E-state index is 14.1. The van der Waals surface area contributed by atoms with Gasteiger partial charge in [0, 0.05) is 5.56 Å². The van der Waals surface area contributed by atoms with Crippen LogP contribution >= 0.6 is 0 Å². The minimum absolute atomic E-state index is 0.291. The molecule has 0 saturated carbocycles. The molecule has 0 fully saturated rings. The van der Waals surface area contributed by atoms with Crippen molar-refractivity contribution in [1.29, 1.82) is 0 Å². The van der Waals surface area contributed by atoms with Gasteiger partial charge in [0.05, 0.1) is 17.4 Å². The van der Waals surface area contributed by atoms with E-state index in [1.54, 1.807) is 0 Å². The van der Waals surface area contributed by atoms with Crippen molar-refractivity contribution in [2.45, 2.75) is 33.2 Å². The molecule has 1 N–H and O–H groups in total. The van der Waals surface area contributed by atoms with Crippen LogP contribution in [0.15, 0.2) is 24.3 Å².